The van der Waals surface area contributed by atoms with Crippen LogP contribution in [0, 0.1) is 17.6 Å². The summed E-state index contributed by atoms with van der Waals surface area (Å²) >= 11 is 0. The highest BCUT2D eigenvalue weighted by atomic mass is 19.1. The number of aromatic amines is 1. The normalized spacial score (nSPS) is 19.5. The maximum absolute atomic E-state index is 13.7. The summed E-state index contributed by atoms with van der Waals surface area (Å²) in [5.41, 5.74) is 1.75. The molecule has 22 heavy (non-hydrogen) atoms. The highest BCUT2D eigenvalue weighted by molar-refractivity contribution is 5.18. The van der Waals surface area contributed by atoms with E-state index in [0.717, 1.165) is 37.8 Å². The van der Waals surface area contributed by atoms with Crippen molar-refractivity contribution in [1.29, 1.82) is 0 Å². The van der Waals surface area contributed by atoms with Crippen molar-refractivity contribution >= 4 is 0 Å². The van der Waals surface area contributed by atoms with Gasteiger partial charge in [-0.2, -0.15) is 0 Å². The second kappa shape index (κ2) is 7.01. The number of aromatic nitrogens is 2. The third kappa shape index (κ3) is 3.91. The molecule has 1 aromatic heterocycles. The zero-order valence-electron chi connectivity index (χ0n) is 12.6. The van der Waals surface area contributed by atoms with Gasteiger partial charge in [0, 0.05) is 31.0 Å². The predicted molar refractivity (Wildman–Crippen MR) is 81.3 cm³/mol. The first-order valence-corrected chi connectivity index (χ1v) is 7.84. The summed E-state index contributed by atoms with van der Waals surface area (Å²) in [5, 5.41) is 0. The second-order valence-electron chi connectivity index (χ2n) is 6.09. The lowest BCUT2D eigenvalue weighted by molar-refractivity contribution is 0.160. The number of hydrogen-bond donors (Lipinski definition) is 1. The van der Waals surface area contributed by atoms with Crippen LogP contribution >= 0.6 is 0 Å². The molecule has 1 aliphatic rings. The molecule has 0 amide bonds. The number of nitrogens with one attached hydrogen (secondary N) is 1. The highest BCUT2D eigenvalue weighted by Gasteiger charge is 2.20. The summed E-state index contributed by atoms with van der Waals surface area (Å²) in [6.07, 6.45) is 7.54. The molecule has 118 valence electrons. The Morgan fingerprint density at radius 3 is 3.00 bits per heavy atom. The summed E-state index contributed by atoms with van der Waals surface area (Å²) in [6.45, 7) is 3.02. The fraction of sp³-hybridized carbons (Fsp3) is 0.471. The first kappa shape index (κ1) is 15.2. The molecule has 2 heterocycles. The molecule has 0 radical (unpaired) electrons. The third-order valence-electron chi connectivity index (χ3n) is 4.39. The number of rotatable bonds is 5. The molecule has 1 saturated heterocycles. The fourth-order valence-corrected chi connectivity index (χ4v) is 3.23. The van der Waals surface area contributed by atoms with Crippen molar-refractivity contribution in [3.05, 3.63) is 53.6 Å². The van der Waals surface area contributed by atoms with E-state index in [4.69, 9.17) is 0 Å². The van der Waals surface area contributed by atoms with E-state index in [2.05, 4.69) is 14.9 Å². The number of aryl methyl sites for hydroxylation is 1. The molecule has 0 spiro atoms. The lowest BCUT2D eigenvalue weighted by Crippen LogP contribution is -2.35. The summed E-state index contributed by atoms with van der Waals surface area (Å²) in [6, 6.07) is 3.88. The van der Waals surface area contributed by atoms with Crippen LogP contribution in [0.5, 0.6) is 0 Å². The van der Waals surface area contributed by atoms with Gasteiger partial charge in [0.25, 0.3) is 0 Å². The smallest absolute Gasteiger partial charge is 0.129 e. The molecule has 1 aliphatic heterocycles. The molecule has 0 saturated carbocycles. The molecule has 3 nitrogen and oxygen atoms in total. The van der Waals surface area contributed by atoms with Gasteiger partial charge in [0.1, 0.15) is 11.6 Å². The van der Waals surface area contributed by atoms with E-state index in [1.165, 1.54) is 18.9 Å². The number of benzene rings is 1. The van der Waals surface area contributed by atoms with Crippen molar-refractivity contribution in [3.8, 4) is 0 Å². The first-order chi connectivity index (χ1) is 10.7. The van der Waals surface area contributed by atoms with Gasteiger partial charge in [-0.3, -0.25) is 4.90 Å². The van der Waals surface area contributed by atoms with Crippen LogP contribution in [-0.2, 0) is 13.0 Å². The zero-order chi connectivity index (χ0) is 15.4. The van der Waals surface area contributed by atoms with E-state index in [0.29, 0.717) is 17.9 Å². The molecule has 5 heteroatoms. The van der Waals surface area contributed by atoms with Crippen LogP contribution in [0.15, 0.2) is 30.7 Å². The van der Waals surface area contributed by atoms with Gasteiger partial charge >= 0.3 is 0 Å². The van der Waals surface area contributed by atoms with Crippen molar-refractivity contribution in [1.82, 2.24) is 14.9 Å². The van der Waals surface area contributed by atoms with Gasteiger partial charge in [-0.1, -0.05) is 6.07 Å². The second-order valence-corrected chi connectivity index (χ2v) is 6.09. The Balaban J connectivity index is 1.52. The molecule has 0 bridgehead atoms. The van der Waals surface area contributed by atoms with Gasteiger partial charge in [-0.05, 0) is 49.8 Å². The lowest BCUT2D eigenvalue weighted by Gasteiger charge is -2.32. The Bertz CT molecular complexity index is 598. The first-order valence-electron chi connectivity index (χ1n) is 7.84. The van der Waals surface area contributed by atoms with E-state index in [-0.39, 0.29) is 0 Å². The van der Waals surface area contributed by atoms with E-state index in [1.807, 2.05) is 6.20 Å². The molecule has 0 unspecified atom stereocenters. The number of hydrogen-bond acceptors (Lipinski definition) is 2. The van der Waals surface area contributed by atoms with Crippen LogP contribution in [0.2, 0.25) is 0 Å². The molecular formula is C17H21F2N3. The molecule has 1 fully saturated rings. The minimum absolute atomic E-state index is 0.426. The quantitative estimate of drug-likeness (QED) is 0.916. The van der Waals surface area contributed by atoms with Gasteiger partial charge in [-0.15, -0.1) is 0 Å². The average molecular weight is 305 g/mol. The molecule has 3 rings (SSSR count). The van der Waals surface area contributed by atoms with Gasteiger partial charge in [0.15, 0.2) is 0 Å². The number of imidazole rings is 1. The van der Waals surface area contributed by atoms with E-state index in [9.17, 15) is 8.78 Å². The predicted octanol–water partition coefficient (Wildman–Crippen LogP) is 3.53. The topological polar surface area (TPSA) is 31.9 Å². The van der Waals surface area contributed by atoms with Crippen molar-refractivity contribution in [3.63, 3.8) is 0 Å². The van der Waals surface area contributed by atoms with Gasteiger partial charge in [-0.25, -0.2) is 13.8 Å². The monoisotopic (exact) mass is 305 g/mol. The number of H-pyrrole nitrogens is 1. The lowest BCUT2D eigenvalue weighted by atomic mass is 9.91. The summed E-state index contributed by atoms with van der Waals surface area (Å²) < 4.78 is 26.6. The van der Waals surface area contributed by atoms with Crippen molar-refractivity contribution in [2.75, 3.05) is 13.1 Å². The molecular weight excluding hydrogens is 284 g/mol. The Morgan fingerprint density at radius 2 is 2.23 bits per heavy atom. The van der Waals surface area contributed by atoms with Crippen LogP contribution < -0.4 is 0 Å². The SMILES string of the molecule is Fc1ccc(CC[C@H]2CCCN(Cc3cnc[nH]3)C2)c(F)c1. The number of piperidine rings is 1. The number of nitrogens with zero attached hydrogens (tertiary/aromatic N) is 2. The Hall–Kier alpha value is -1.75. The fourth-order valence-electron chi connectivity index (χ4n) is 3.23. The summed E-state index contributed by atoms with van der Waals surface area (Å²) in [7, 11) is 0. The maximum atomic E-state index is 13.7. The van der Waals surface area contributed by atoms with E-state index >= 15 is 0 Å². The number of halogens is 2. The molecule has 0 aliphatic carbocycles. The van der Waals surface area contributed by atoms with Gasteiger partial charge in [0.2, 0.25) is 0 Å². The minimum atomic E-state index is -0.510. The molecule has 2 aromatic rings. The molecule has 1 aromatic carbocycles. The van der Waals surface area contributed by atoms with E-state index < -0.39 is 11.6 Å². The zero-order valence-corrected chi connectivity index (χ0v) is 12.6. The summed E-state index contributed by atoms with van der Waals surface area (Å²) in [4.78, 5) is 9.60. The Labute approximate surface area is 129 Å². The summed E-state index contributed by atoms with van der Waals surface area (Å²) in [5.74, 6) is -0.365. The van der Waals surface area contributed by atoms with Gasteiger partial charge < -0.3 is 4.98 Å². The van der Waals surface area contributed by atoms with Crippen molar-refractivity contribution in [2.24, 2.45) is 5.92 Å². The highest BCUT2D eigenvalue weighted by Crippen LogP contribution is 2.23. The number of likely N-dealkylation sites (tertiary alicyclic amines) is 1. The van der Waals surface area contributed by atoms with Crippen LogP contribution in [0.3, 0.4) is 0 Å². The average Bonchev–Trinajstić information content (AvgIpc) is 3.00. The van der Waals surface area contributed by atoms with Crippen LogP contribution in [0.1, 0.15) is 30.5 Å². The van der Waals surface area contributed by atoms with E-state index in [1.54, 1.807) is 12.4 Å². The van der Waals surface area contributed by atoms with Crippen LogP contribution in [0.4, 0.5) is 8.78 Å². The maximum Gasteiger partial charge on any atom is 0.129 e. The molecule has 1 N–H and O–H groups in total. The van der Waals surface area contributed by atoms with Crippen molar-refractivity contribution < 1.29 is 8.78 Å². The van der Waals surface area contributed by atoms with Crippen LogP contribution in [0.25, 0.3) is 0 Å². The largest absolute Gasteiger partial charge is 0.347 e. The van der Waals surface area contributed by atoms with Gasteiger partial charge in [0.05, 0.1) is 6.33 Å². The standard InChI is InChI=1S/C17H21F2N3/c18-15-6-5-14(17(19)8-15)4-3-13-2-1-7-22(10-13)11-16-9-20-12-21-16/h5-6,8-9,12-13H,1-4,7,10-11H2,(H,20,21)/t13-/m1/s1. The van der Waals surface area contributed by atoms with Crippen LogP contribution in [-0.4, -0.2) is 28.0 Å². The Kier molecular flexibility index (Phi) is 4.83. The third-order valence-corrected chi connectivity index (χ3v) is 4.39. The Morgan fingerprint density at radius 1 is 1.32 bits per heavy atom. The molecule has 1 atom stereocenters. The minimum Gasteiger partial charge on any atom is -0.347 e. The van der Waals surface area contributed by atoms with Crippen molar-refractivity contribution in [2.45, 2.75) is 32.2 Å².